The Morgan fingerprint density at radius 3 is 2.60 bits per heavy atom. The summed E-state index contributed by atoms with van der Waals surface area (Å²) in [6.07, 6.45) is 0. The summed E-state index contributed by atoms with van der Waals surface area (Å²) in [5.41, 5.74) is 0.949. The maximum absolute atomic E-state index is 8.93. The van der Waals surface area contributed by atoms with Gasteiger partial charge in [0.25, 0.3) is 0 Å². The van der Waals surface area contributed by atoms with Crippen molar-refractivity contribution in [2.75, 3.05) is 6.61 Å². The van der Waals surface area contributed by atoms with E-state index in [9.17, 15) is 0 Å². The van der Waals surface area contributed by atoms with Crippen molar-refractivity contribution in [2.24, 2.45) is 0 Å². The summed E-state index contributed by atoms with van der Waals surface area (Å²) in [6.45, 7) is 4.00. The van der Waals surface area contributed by atoms with Gasteiger partial charge in [0, 0.05) is 12.1 Å². The fourth-order valence-corrected chi connectivity index (χ4v) is 1.90. The van der Waals surface area contributed by atoms with Gasteiger partial charge in [-0.25, -0.2) is 0 Å². The van der Waals surface area contributed by atoms with Gasteiger partial charge in [-0.1, -0.05) is 35.3 Å². The van der Waals surface area contributed by atoms with Crippen LogP contribution >= 0.6 is 23.2 Å². The standard InChI is InChI=1S/C11H15Cl2NO/c1-7(6-15)14-8(2)9-4-3-5-10(12)11(9)13/h3-5,7-8,14-15H,6H2,1-2H3. The van der Waals surface area contributed by atoms with Crippen molar-refractivity contribution >= 4 is 23.2 Å². The summed E-state index contributed by atoms with van der Waals surface area (Å²) < 4.78 is 0. The first-order chi connectivity index (χ1) is 7.06. The molecule has 0 heterocycles. The van der Waals surface area contributed by atoms with Crippen molar-refractivity contribution in [2.45, 2.75) is 25.9 Å². The normalized spacial score (nSPS) is 15.0. The molecule has 0 saturated carbocycles. The SMILES string of the molecule is CC(CO)NC(C)c1cccc(Cl)c1Cl. The van der Waals surface area contributed by atoms with E-state index in [1.165, 1.54) is 0 Å². The Labute approximate surface area is 100 Å². The van der Waals surface area contributed by atoms with Crippen LogP contribution in [-0.4, -0.2) is 17.8 Å². The van der Waals surface area contributed by atoms with Crippen molar-refractivity contribution in [3.8, 4) is 0 Å². The quantitative estimate of drug-likeness (QED) is 0.858. The molecule has 0 aliphatic heterocycles. The monoisotopic (exact) mass is 247 g/mol. The second-order valence-corrected chi connectivity index (χ2v) is 4.40. The van der Waals surface area contributed by atoms with Gasteiger partial charge in [0.15, 0.2) is 0 Å². The number of nitrogens with one attached hydrogen (secondary N) is 1. The van der Waals surface area contributed by atoms with Crippen LogP contribution in [0, 0.1) is 0 Å². The molecule has 0 saturated heterocycles. The van der Waals surface area contributed by atoms with Gasteiger partial charge in [-0.05, 0) is 25.5 Å². The number of benzene rings is 1. The maximum atomic E-state index is 8.93. The molecule has 84 valence electrons. The molecule has 0 bridgehead atoms. The van der Waals surface area contributed by atoms with E-state index in [2.05, 4.69) is 5.32 Å². The lowest BCUT2D eigenvalue weighted by atomic mass is 10.1. The Bertz CT molecular complexity index is 330. The molecule has 2 unspecified atom stereocenters. The van der Waals surface area contributed by atoms with Gasteiger partial charge >= 0.3 is 0 Å². The minimum absolute atomic E-state index is 0.0371. The Hall–Kier alpha value is -0.280. The van der Waals surface area contributed by atoms with E-state index in [4.69, 9.17) is 28.3 Å². The highest BCUT2D eigenvalue weighted by Crippen LogP contribution is 2.29. The minimum atomic E-state index is 0.0371. The maximum Gasteiger partial charge on any atom is 0.0639 e. The first kappa shape index (κ1) is 12.8. The first-order valence-corrected chi connectivity index (χ1v) is 5.62. The lowest BCUT2D eigenvalue weighted by Gasteiger charge is -2.20. The summed E-state index contributed by atoms with van der Waals surface area (Å²) >= 11 is 12.0. The topological polar surface area (TPSA) is 32.3 Å². The highest BCUT2D eigenvalue weighted by molar-refractivity contribution is 6.42. The molecule has 2 atom stereocenters. The summed E-state index contributed by atoms with van der Waals surface area (Å²) in [5.74, 6) is 0. The fraction of sp³-hybridized carbons (Fsp3) is 0.455. The molecule has 0 radical (unpaired) electrons. The number of aliphatic hydroxyl groups excluding tert-OH is 1. The average molecular weight is 248 g/mol. The van der Waals surface area contributed by atoms with E-state index in [0.29, 0.717) is 10.0 Å². The zero-order valence-corrected chi connectivity index (χ0v) is 10.3. The Kier molecular flexibility index (Phi) is 4.87. The van der Waals surface area contributed by atoms with E-state index in [0.717, 1.165) is 5.56 Å². The van der Waals surface area contributed by atoms with Crippen molar-refractivity contribution < 1.29 is 5.11 Å². The van der Waals surface area contributed by atoms with Crippen LogP contribution in [0.1, 0.15) is 25.5 Å². The van der Waals surface area contributed by atoms with Crippen LogP contribution in [0.3, 0.4) is 0 Å². The second kappa shape index (κ2) is 5.71. The molecule has 1 aromatic carbocycles. The minimum Gasteiger partial charge on any atom is -0.395 e. The lowest BCUT2D eigenvalue weighted by molar-refractivity contribution is 0.243. The van der Waals surface area contributed by atoms with Gasteiger partial charge in [-0.15, -0.1) is 0 Å². The smallest absolute Gasteiger partial charge is 0.0639 e. The predicted octanol–water partition coefficient (Wildman–Crippen LogP) is 3.02. The molecule has 1 rings (SSSR count). The molecule has 0 aromatic heterocycles. The number of halogens is 2. The molecule has 0 amide bonds. The highest BCUT2D eigenvalue weighted by atomic mass is 35.5. The van der Waals surface area contributed by atoms with Crippen molar-refractivity contribution in [1.29, 1.82) is 0 Å². The van der Waals surface area contributed by atoms with E-state index in [1.54, 1.807) is 6.07 Å². The number of rotatable bonds is 4. The molecule has 0 aliphatic rings. The number of hydrogen-bond donors (Lipinski definition) is 2. The third kappa shape index (κ3) is 3.35. The van der Waals surface area contributed by atoms with Gasteiger partial charge in [0.2, 0.25) is 0 Å². The Morgan fingerprint density at radius 2 is 2.00 bits per heavy atom. The van der Waals surface area contributed by atoms with Crippen LogP contribution in [0.4, 0.5) is 0 Å². The summed E-state index contributed by atoms with van der Waals surface area (Å²) in [7, 11) is 0. The average Bonchev–Trinajstić information content (AvgIpc) is 2.21. The van der Waals surface area contributed by atoms with Gasteiger partial charge < -0.3 is 10.4 Å². The van der Waals surface area contributed by atoms with Gasteiger partial charge in [-0.3, -0.25) is 0 Å². The molecule has 0 fully saturated rings. The second-order valence-electron chi connectivity index (χ2n) is 3.62. The van der Waals surface area contributed by atoms with Crippen LogP contribution in [-0.2, 0) is 0 Å². The van der Waals surface area contributed by atoms with E-state index < -0.39 is 0 Å². The van der Waals surface area contributed by atoms with E-state index in [-0.39, 0.29) is 18.7 Å². The molecule has 0 aliphatic carbocycles. The van der Waals surface area contributed by atoms with Crippen LogP contribution in [0.5, 0.6) is 0 Å². The predicted molar refractivity (Wildman–Crippen MR) is 64.6 cm³/mol. The Balaban J connectivity index is 2.82. The fourth-order valence-electron chi connectivity index (χ4n) is 1.42. The van der Waals surface area contributed by atoms with Crippen LogP contribution < -0.4 is 5.32 Å². The molecular weight excluding hydrogens is 233 g/mol. The third-order valence-corrected chi connectivity index (χ3v) is 3.09. The van der Waals surface area contributed by atoms with Gasteiger partial charge in [0.1, 0.15) is 0 Å². The lowest BCUT2D eigenvalue weighted by Crippen LogP contribution is -2.31. The summed E-state index contributed by atoms with van der Waals surface area (Å²) in [6, 6.07) is 5.66. The molecule has 15 heavy (non-hydrogen) atoms. The number of aliphatic hydroxyl groups is 1. The number of hydrogen-bond acceptors (Lipinski definition) is 2. The van der Waals surface area contributed by atoms with Crippen LogP contribution in [0.15, 0.2) is 18.2 Å². The largest absolute Gasteiger partial charge is 0.395 e. The van der Waals surface area contributed by atoms with Crippen LogP contribution in [0.25, 0.3) is 0 Å². The first-order valence-electron chi connectivity index (χ1n) is 4.87. The molecule has 1 aromatic rings. The summed E-state index contributed by atoms with van der Waals surface area (Å²) in [4.78, 5) is 0. The zero-order chi connectivity index (χ0) is 11.4. The zero-order valence-electron chi connectivity index (χ0n) is 8.80. The van der Waals surface area contributed by atoms with Gasteiger partial charge in [0.05, 0.1) is 16.7 Å². The van der Waals surface area contributed by atoms with Gasteiger partial charge in [-0.2, -0.15) is 0 Å². The third-order valence-electron chi connectivity index (χ3n) is 2.26. The molecule has 0 spiro atoms. The molecule has 2 nitrogen and oxygen atoms in total. The van der Waals surface area contributed by atoms with E-state index in [1.807, 2.05) is 26.0 Å². The van der Waals surface area contributed by atoms with E-state index >= 15 is 0 Å². The molecular formula is C11H15Cl2NO. The summed E-state index contributed by atoms with van der Waals surface area (Å²) in [5, 5.41) is 13.3. The van der Waals surface area contributed by atoms with Crippen molar-refractivity contribution in [3.05, 3.63) is 33.8 Å². The van der Waals surface area contributed by atoms with Crippen LogP contribution in [0.2, 0.25) is 10.0 Å². The molecule has 4 heteroatoms. The molecule has 2 N–H and O–H groups in total. The van der Waals surface area contributed by atoms with Crippen molar-refractivity contribution in [3.63, 3.8) is 0 Å². The van der Waals surface area contributed by atoms with Crippen molar-refractivity contribution in [1.82, 2.24) is 5.32 Å². The Morgan fingerprint density at radius 1 is 1.33 bits per heavy atom. The highest BCUT2D eigenvalue weighted by Gasteiger charge is 2.13.